The number of hydrogen-bond acceptors (Lipinski definition) is 7. The molecule has 0 aliphatic heterocycles. The molecule has 0 fully saturated rings. The Labute approximate surface area is 200 Å². The van der Waals surface area contributed by atoms with E-state index >= 15 is 0 Å². The Morgan fingerprint density at radius 3 is 2.34 bits per heavy atom. The number of carbonyl (C=O) groups excluding carboxylic acids is 2. The number of aliphatic carboxylic acids is 1. The van der Waals surface area contributed by atoms with Crippen molar-refractivity contribution in [3.63, 3.8) is 0 Å². The van der Waals surface area contributed by atoms with Gasteiger partial charge < -0.3 is 25.6 Å². The number of aromatic nitrogens is 3. The molecule has 1 aliphatic rings. The quantitative estimate of drug-likeness (QED) is 0.339. The van der Waals surface area contributed by atoms with E-state index in [4.69, 9.17) is 9.84 Å². The molecule has 0 spiro atoms. The van der Waals surface area contributed by atoms with Crippen molar-refractivity contribution in [2.45, 2.75) is 31.5 Å². The van der Waals surface area contributed by atoms with Gasteiger partial charge in [-0.25, -0.2) is 9.48 Å². The third-order valence-corrected chi connectivity index (χ3v) is 5.59. The molecule has 4 rings (SSSR count). The zero-order chi connectivity index (χ0) is 24.8. The zero-order valence-electron chi connectivity index (χ0n) is 18.8. The molecule has 2 amide bonds. The molecule has 3 aromatic rings. The highest BCUT2D eigenvalue weighted by Gasteiger charge is 2.29. The number of fused-ring (bicyclic) bond motifs is 3. The predicted molar refractivity (Wildman–Crippen MR) is 123 cm³/mol. The van der Waals surface area contributed by atoms with Crippen LogP contribution in [-0.4, -0.2) is 62.4 Å². The first-order valence-electron chi connectivity index (χ1n) is 11.0. The molecule has 11 heteroatoms. The Bertz CT molecular complexity index is 1180. The van der Waals surface area contributed by atoms with E-state index in [0.717, 1.165) is 22.3 Å². The number of amides is 2. The van der Waals surface area contributed by atoms with Crippen molar-refractivity contribution in [2.75, 3.05) is 13.2 Å². The van der Waals surface area contributed by atoms with E-state index in [1.54, 1.807) is 0 Å². The first-order valence-corrected chi connectivity index (χ1v) is 11.0. The average molecular weight is 479 g/mol. The van der Waals surface area contributed by atoms with Gasteiger partial charge in [0.1, 0.15) is 18.8 Å². The first-order chi connectivity index (χ1) is 16.9. The molecule has 4 N–H and O–H groups in total. The van der Waals surface area contributed by atoms with E-state index in [9.17, 15) is 19.5 Å². The fraction of sp³-hybridized carbons (Fsp3) is 0.292. The topological polar surface area (TPSA) is 156 Å². The number of hydrogen-bond donors (Lipinski definition) is 4. The lowest BCUT2D eigenvalue weighted by Crippen LogP contribution is -2.35. The number of carboxylic acid groups (broad SMARTS) is 1. The maximum atomic E-state index is 12.3. The SMILES string of the molecule is O=C(O)CC(O)CNC(=O)Cn1cc(CNC(=O)OCC2c3ccccc3-c3ccccc32)nn1. The summed E-state index contributed by atoms with van der Waals surface area (Å²) in [6.07, 6.45) is -0.734. The minimum absolute atomic E-state index is 0.0402. The first kappa shape index (κ1) is 23.9. The van der Waals surface area contributed by atoms with Gasteiger partial charge in [0.2, 0.25) is 5.91 Å². The largest absolute Gasteiger partial charge is 0.481 e. The molecular formula is C24H25N5O6. The van der Waals surface area contributed by atoms with Crippen LogP contribution >= 0.6 is 0 Å². The van der Waals surface area contributed by atoms with Gasteiger partial charge in [0.25, 0.3) is 0 Å². The third kappa shape index (κ3) is 6.01. The van der Waals surface area contributed by atoms with Gasteiger partial charge in [-0.05, 0) is 22.3 Å². The summed E-state index contributed by atoms with van der Waals surface area (Å²) >= 11 is 0. The van der Waals surface area contributed by atoms with E-state index in [1.807, 2.05) is 36.4 Å². The number of nitrogens with zero attached hydrogens (tertiary/aromatic N) is 3. The molecule has 11 nitrogen and oxygen atoms in total. The summed E-state index contributed by atoms with van der Waals surface area (Å²) in [4.78, 5) is 34.7. The number of alkyl carbamates (subject to hydrolysis) is 1. The van der Waals surface area contributed by atoms with Gasteiger partial charge in [-0.1, -0.05) is 53.7 Å². The van der Waals surface area contributed by atoms with Crippen LogP contribution in [0.3, 0.4) is 0 Å². The minimum atomic E-state index is -1.18. The number of carbonyl (C=O) groups is 3. The second-order valence-corrected chi connectivity index (χ2v) is 8.14. The molecule has 0 saturated carbocycles. The third-order valence-electron chi connectivity index (χ3n) is 5.59. The summed E-state index contributed by atoms with van der Waals surface area (Å²) in [6.45, 7) is -0.0934. The molecule has 1 unspecified atom stereocenters. The maximum Gasteiger partial charge on any atom is 0.407 e. The van der Waals surface area contributed by atoms with E-state index in [1.165, 1.54) is 10.9 Å². The molecule has 0 bridgehead atoms. The van der Waals surface area contributed by atoms with Gasteiger partial charge in [0.05, 0.1) is 25.3 Å². The smallest absolute Gasteiger partial charge is 0.407 e. The lowest BCUT2D eigenvalue weighted by Gasteiger charge is -2.14. The summed E-state index contributed by atoms with van der Waals surface area (Å²) in [5, 5.41) is 30.9. The van der Waals surface area contributed by atoms with Crippen LogP contribution in [0.2, 0.25) is 0 Å². The van der Waals surface area contributed by atoms with Crippen LogP contribution in [-0.2, 0) is 27.4 Å². The van der Waals surface area contributed by atoms with Gasteiger partial charge in [0.15, 0.2) is 0 Å². The van der Waals surface area contributed by atoms with Gasteiger partial charge >= 0.3 is 12.1 Å². The van der Waals surface area contributed by atoms with E-state index in [0.29, 0.717) is 5.69 Å². The van der Waals surface area contributed by atoms with Crippen LogP contribution in [0.25, 0.3) is 11.1 Å². The number of aliphatic hydroxyl groups excluding tert-OH is 1. The van der Waals surface area contributed by atoms with E-state index < -0.39 is 30.5 Å². The van der Waals surface area contributed by atoms with Crippen LogP contribution in [0, 0.1) is 0 Å². The molecular weight excluding hydrogens is 454 g/mol. The average Bonchev–Trinajstić information content (AvgIpc) is 3.42. The van der Waals surface area contributed by atoms with Gasteiger partial charge in [-0.15, -0.1) is 5.10 Å². The fourth-order valence-corrected chi connectivity index (χ4v) is 4.02. The fourth-order valence-electron chi connectivity index (χ4n) is 4.02. The van der Waals surface area contributed by atoms with Crippen LogP contribution in [0.4, 0.5) is 4.79 Å². The molecule has 35 heavy (non-hydrogen) atoms. The summed E-state index contributed by atoms with van der Waals surface area (Å²) in [7, 11) is 0. The molecule has 2 aromatic carbocycles. The van der Waals surface area contributed by atoms with Gasteiger partial charge in [0, 0.05) is 12.5 Å². The second kappa shape index (κ2) is 10.8. The van der Waals surface area contributed by atoms with Gasteiger partial charge in [-0.2, -0.15) is 0 Å². The summed E-state index contributed by atoms with van der Waals surface area (Å²) < 4.78 is 6.75. The lowest BCUT2D eigenvalue weighted by atomic mass is 9.98. The van der Waals surface area contributed by atoms with Crippen molar-refractivity contribution in [3.05, 3.63) is 71.5 Å². The van der Waals surface area contributed by atoms with Crippen molar-refractivity contribution in [3.8, 4) is 11.1 Å². The molecule has 0 saturated heterocycles. The summed E-state index contributed by atoms with van der Waals surface area (Å²) in [6, 6.07) is 16.1. The Balaban J connectivity index is 1.23. The number of benzene rings is 2. The molecule has 0 radical (unpaired) electrons. The van der Waals surface area contributed by atoms with Gasteiger partial charge in [-0.3, -0.25) is 9.59 Å². The summed E-state index contributed by atoms with van der Waals surface area (Å²) in [5.41, 5.74) is 4.97. The molecule has 1 atom stereocenters. The number of carboxylic acids is 1. The molecule has 1 aliphatic carbocycles. The van der Waals surface area contributed by atoms with Crippen LogP contribution in [0.5, 0.6) is 0 Å². The standard InChI is InChI=1S/C24H25N5O6/c30-16(9-23(32)33)11-25-22(31)13-29-12-15(27-28-29)10-26-24(34)35-14-21-19-7-3-1-5-17(19)18-6-2-4-8-20(18)21/h1-8,12,16,21,30H,9-11,13-14H2,(H,25,31)(H,26,34)(H,32,33). The number of aliphatic hydroxyl groups is 1. The zero-order valence-corrected chi connectivity index (χ0v) is 18.8. The number of ether oxygens (including phenoxy) is 1. The predicted octanol–water partition coefficient (Wildman–Crippen LogP) is 1.27. The molecule has 1 aromatic heterocycles. The van der Waals surface area contributed by atoms with Crippen molar-refractivity contribution >= 4 is 18.0 Å². The van der Waals surface area contributed by atoms with E-state index in [2.05, 4.69) is 33.1 Å². The molecule has 1 heterocycles. The Kier molecular flexibility index (Phi) is 7.36. The highest BCUT2D eigenvalue weighted by atomic mass is 16.5. The van der Waals surface area contributed by atoms with Crippen molar-refractivity contribution in [2.24, 2.45) is 0 Å². The number of nitrogens with one attached hydrogen (secondary N) is 2. The minimum Gasteiger partial charge on any atom is -0.481 e. The maximum absolute atomic E-state index is 12.3. The normalized spacial score (nSPS) is 12.9. The Morgan fingerprint density at radius 1 is 1.03 bits per heavy atom. The van der Waals surface area contributed by atoms with Crippen LogP contribution < -0.4 is 10.6 Å². The highest BCUT2D eigenvalue weighted by molar-refractivity contribution is 5.79. The van der Waals surface area contributed by atoms with E-state index in [-0.39, 0.29) is 32.2 Å². The summed E-state index contributed by atoms with van der Waals surface area (Å²) in [5.74, 6) is -1.66. The van der Waals surface area contributed by atoms with Crippen LogP contribution in [0.15, 0.2) is 54.7 Å². The molecule has 182 valence electrons. The monoisotopic (exact) mass is 479 g/mol. The Hall–Kier alpha value is -4.25. The van der Waals surface area contributed by atoms with Crippen LogP contribution in [0.1, 0.15) is 29.2 Å². The van der Waals surface area contributed by atoms with Crippen molar-refractivity contribution in [1.29, 1.82) is 0 Å². The second-order valence-electron chi connectivity index (χ2n) is 8.14. The highest BCUT2D eigenvalue weighted by Crippen LogP contribution is 2.44. The van der Waals surface area contributed by atoms with Crippen molar-refractivity contribution in [1.82, 2.24) is 25.6 Å². The Morgan fingerprint density at radius 2 is 1.69 bits per heavy atom. The lowest BCUT2D eigenvalue weighted by molar-refractivity contribution is -0.139. The van der Waals surface area contributed by atoms with Crippen molar-refractivity contribution < 1.29 is 29.3 Å². The number of rotatable bonds is 10.